The molecule has 0 aliphatic heterocycles. The van der Waals surface area contributed by atoms with Crippen molar-refractivity contribution in [3.8, 4) is 11.5 Å². The fourth-order valence-electron chi connectivity index (χ4n) is 0.651. The molecule has 1 aromatic carbocycles. The van der Waals surface area contributed by atoms with Gasteiger partial charge in [-0.2, -0.15) is 0 Å². The summed E-state index contributed by atoms with van der Waals surface area (Å²) >= 11 is 0. The molecule has 0 atom stereocenters. The zero-order chi connectivity index (χ0) is 7.72. The van der Waals surface area contributed by atoms with Crippen LogP contribution in [-0.4, -0.2) is 10.2 Å². The van der Waals surface area contributed by atoms with Gasteiger partial charge >= 0.3 is 0 Å². The van der Waals surface area contributed by atoms with E-state index in [0.29, 0.717) is 5.56 Å². The maximum atomic E-state index is 12.3. The van der Waals surface area contributed by atoms with E-state index >= 15 is 0 Å². The van der Waals surface area contributed by atoms with Crippen LogP contribution in [0.1, 0.15) is 5.56 Å². The summed E-state index contributed by atoms with van der Waals surface area (Å²) in [7, 11) is 0. The van der Waals surface area contributed by atoms with Gasteiger partial charge in [-0.25, -0.2) is 4.39 Å². The van der Waals surface area contributed by atoms with Gasteiger partial charge in [0.1, 0.15) is 17.3 Å². The number of benzene rings is 1. The highest BCUT2D eigenvalue weighted by Gasteiger charge is 2.03. The van der Waals surface area contributed by atoms with Crippen LogP contribution in [0.25, 0.3) is 0 Å². The molecule has 0 unspecified atom stereocenters. The van der Waals surface area contributed by atoms with Gasteiger partial charge in [0.2, 0.25) is 0 Å². The second kappa shape index (κ2) is 2.17. The molecule has 10 heavy (non-hydrogen) atoms. The summed E-state index contributed by atoms with van der Waals surface area (Å²) in [4.78, 5) is 0. The highest BCUT2D eigenvalue weighted by Crippen LogP contribution is 2.26. The number of hydrogen-bond donors (Lipinski definition) is 2. The van der Waals surface area contributed by atoms with Gasteiger partial charge in [-0.3, -0.25) is 0 Å². The first-order valence-corrected chi connectivity index (χ1v) is 2.79. The van der Waals surface area contributed by atoms with Crippen LogP contribution >= 0.6 is 0 Å². The standard InChI is InChI=1S/C7H7FO2/c1-4-6(9)2-5(8)3-7(4)10/h2-3,9-10H,1H3. The SMILES string of the molecule is Cc1c(O)cc(F)cc1O. The summed E-state index contributed by atoms with van der Waals surface area (Å²) in [6.07, 6.45) is 0. The average Bonchev–Trinajstić information content (AvgIpc) is 1.82. The number of phenolic OH excluding ortho intramolecular Hbond substituents is 2. The van der Waals surface area contributed by atoms with E-state index < -0.39 is 5.82 Å². The third-order valence-corrected chi connectivity index (χ3v) is 1.32. The molecule has 0 fully saturated rings. The van der Waals surface area contributed by atoms with Crippen molar-refractivity contribution >= 4 is 0 Å². The Kier molecular flexibility index (Phi) is 1.49. The third kappa shape index (κ3) is 1.03. The van der Waals surface area contributed by atoms with E-state index in [1.54, 1.807) is 0 Å². The van der Waals surface area contributed by atoms with Crippen molar-refractivity contribution in [1.82, 2.24) is 0 Å². The summed E-state index contributed by atoms with van der Waals surface area (Å²) in [6, 6.07) is 1.91. The van der Waals surface area contributed by atoms with Gasteiger partial charge in [-0.05, 0) is 6.92 Å². The molecule has 0 heterocycles. The minimum absolute atomic E-state index is 0.225. The van der Waals surface area contributed by atoms with Crippen molar-refractivity contribution < 1.29 is 14.6 Å². The Morgan fingerprint density at radius 2 is 1.60 bits per heavy atom. The molecule has 0 radical (unpaired) electrons. The Labute approximate surface area is 57.6 Å². The normalized spacial score (nSPS) is 9.80. The van der Waals surface area contributed by atoms with Crippen LogP contribution in [0.2, 0.25) is 0 Å². The summed E-state index contributed by atoms with van der Waals surface area (Å²) in [5.74, 6) is -1.09. The molecule has 3 heteroatoms. The van der Waals surface area contributed by atoms with Gasteiger partial charge in [0.05, 0.1) is 0 Å². The Morgan fingerprint density at radius 1 is 1.20 bits per heavy atom. The van der Waals surface area contributed by atoms with Crippen molar-refractivity contribution in [3.63, 3.8) is 0 Å². The smallest absolute Gasteiger partial charge is 0.130 e. The highest BCUT2D eigenvalue weighted by atomic mass is 19.1. The second-order valence-electron chi connectivity index (χ2n) is 2.07. The van der Waals surface area contributed by atoms with Crippen molar-refractivity contribution in [2.45, 2.75) is 6.92 Å². The van der Waals surface area contributed by atoms with Crippen LogP contribution in [0.3, 0.4) is 0 Å². The molecule has 2 N–H and O–H groups in total. The fraction of sp³-hybridized carbons (Fsp3) is 0.143. The lowest BCUT2D eigenvalue weighted by Crippen LogP contribution is -1.79. The average molecular weight is 142 g/mol. The Balaban J connectivity index is 3.31. The zero-order valence-electron chi connectivity index (χ0n) is 5.43. The molecule has 0 amide bonds. The fourth-order valence-corrected chi connectivity index (χ4v) is 0.651. The number of hydrogen-bond acceptors (Lipinski definition) is 2. The van der Waals surface area contributed by atoms with Gasteiger partial charge in [-0.15, -0.1) is 0 Å². The first-order valence-electron chi connectivity index (χ1n) is 2.79. The number of halogens is 1. The van der Waals surface area contributed by atoms with Gasteiger partial charge in [0.15, 0.2) is 0 Å². The maximum absolute atomic E-state index is 12.3. The van der Waals surface area contributed by atoms with Gasteiger partial charge in [0, 0.05) is 17.7 Å². The predicted octanol–water partition coefficient (Wildman–Crippen LogP) is 1.55. The van der Waals surface area contributed by atoms with E-state index in [1.807, 2.05) is 0 Å². The van der Waals surface area contributed by atoms with E-state index in [1.165, 1.54) is 6.92 Å². The number of aromatic hydroxyl groups is 2. The molecular weight excluding hydrogens is 135 g/mol. The molecule has 1 rings (SSSR count). The molecule has 0 saturated carbocycles. The lowest BCUT2D eigenvalue weighted by Gasteiger charge is -2.00. The monoisotopic (exact) mass is 142 g/mol. The first-order chi connectivity index (χ1) is 4.61. The lowest BCUT2D eigenvalue weighted by molar-refractivity contribution is 0.434. The highest BCUT2D eigenvalue weighted by molar-refractivity contribution is 5.42. The van der Waals surface area contributed by atoms with E-state index in [2.05, 4.69) is 0 Å². The molecule has 0 saturated heterocycles. The third-order valence-electron chi connectivity index (χ3n) is 1.32. The van der Waals surface area contributed by atoms with Crippen molar-refractivity contribution in [1.29, 1.82) is 0 Å². The lowest BCUT2D eigenvalue weighted by atomic mass is 10.2. The van der Waals surface area contributed by atoms with Crippen LogP contribution in [0, 0.1) is 12.7 Å². The minimum Gasteiger partial charge on any atom is -0.507 e. The van der Waals surface area contributed by atoms with E-state index in [-0.39, 0.29) is 11.5 Å². The van der Waals surface area contributed by atoms with Gasteiger partial charge in [-0.1, -0.05) is 0 Å². The van der Waals surface area contributed by atoms with Gasteiger partial charge in [0.25, 0.3) is 0 Å². The Bertz CT molecular complexity index is 235. The van der Waals surface area contributed by atoms with Crippen LogP contribution < -0.4 is 0 Å². The van der Waals surface area contributed by atoms with Crippen molar-refractivity contribution in [3.05, 3.63) is 23.5 Å². The quantitative estimate of drug-likeness (QED) is 0.576. The molecule has 2 nitrogen and oxygen atoms in total. The molecular formula is C7H7FO2. The van der Waals surface area contributed by atoms with E-state index in [9.17, 15) is 4.39 Å². The van der Waals surface area contributed by atoms with Crippen molar-refractivity contribution in [2.24, 2.45) is 0 Å². The topological polar surface area (TPSA) is 40.5 Å². The molecule has 0 aliphatic rings. The summed E-state index contributed by atoms with van der Waals surface area (Å²) in [5, 5.41) is 17.8. The maximum Gasteiger partial charge on any atom is 0.130 e. The Hall–Kier alpha value is -1.25. The summed E-state index contributed by atoms with van der Waals surface area (Å²) in [6.45, 7) is 1.50. The molecule has 1 aromatic rings. The number of rotatable bonds is 0. The zero-order valence-corrected chi connectivity index (χ0v) is 5.43. The molecule has 0 aromatic heterocycles. The first kappa shape index (κ1) is 6.86. The van der Waals surface area contributed by atoms with E-state index in [0.717, 1.165) is 12.1 Å². The largest absolute Gasteiger partial charge is 0.507 e. The van der Waals surface area contributed by atoms with Crippen LogP contribution in [0.4, 0.5) is 4.39 Å². The molecule has 0 aliphatic carbocycles. The minimum atomic E-state index is -0.638. The summed E-state index contributed by atoms with van der Waals surface area (Å²) < 4.78 is 12.3. The Morgan fingerprint density at radius 3 is 2.00 bits per heavy atom. The molecule has 0 spiro atoms. The van der Waals surface area contributed by atoms with Crippen molar-refractivity contribution in [2.75, 3.05) is 0 Å². The van der Waals surface area contributed by atoms with Crippen LogP contribution in [0.15, 0.2) is 12.1 Å². The summed E-state index contributed by atoms with van der Waals surface area (Å²) in [5.41, 5.74) is 0.293. The second-order valence-corrected chi connectivity index (χ2v) is 2.07. The van der Waals surface area contributed by atoms with Crippen LogP contribution in [0.5, 0.6) is 11.5 Å². The number of phenols is 2. The molecule has 54 valence electrons. The van der Waals surface area contributed by atoms with Gasteiger partial charge < -0.3 is 10.2 Å². The van der Waals surface area contributed by atoms with Crippen LogP contribution in [-0.2, 0) is 0 Å². The molecule has 0 bridgehead atoms. The predicted molar refractivity (Wildman–Crippen MR) is 34.5 cm³/mol. The van der Waals surface area contributed by atoms with E-state index in [4.69, 9.17) is 10.2 Å².